The maximum absolute atomic E-state index is 11.7. The van der Waals surface area contributed by atoms with E-state index < -0.39 is 0 Å². The molecule has 0 unspecified atom stereocenters. The Hall–Kier alpha value is -1.99. The first-order valence-corrected chi connectivity index (χ1v) is 11.1. The van der Waals surface area contributed by atoms with Crippen molar-refractivity contribution in [2.75, 3.05) is 44.2 Å². The van der Waals surface area contributed by atoms with Crippen LogP contribution in [0, 0.1) is 6.92 Å². The molecule has 6 nitrogen and oxygen atoms in total. The first kappa shape index (κ1) is 20.7. The molecule has 2 aromatic rings. The third-order valence-electron chi connectivity index (χ3n) is 5.24. The molecule has 0 bridgehead atoms. The first-order valence-electron chi connectivity index (χ1n) is 10.4. The molecule has 152 valence electrons. The number of hydrogen-bond donors (Lipinski definition) is 2. The average Bonchev–Trinajstić information content (AvgIpc) is 3.17. The molecule has 1 amide bonds. The predicted molar refractivity (Wildman–Crippen MR) is 114 cm³/mol. The Bertz CT molecular complexity index is 738. The van der Waals surface area contributed by atoms with Gasteiger partial charge in [-0.3, -0.25) is 4.79 Å². The second-order valence-corrected chi connectivity index (χ2v) is 8.33. The molecule has 28 heavy (non-hydrogen) atoms. The number of aromatic nitrogens is 2. The Balaban J connectivity index is 1.39. The second-order valence-electron chi connectivity index (χ2n) is 7.60. The summed E-state index contributed by atoms with van der Waals surface area (Å²) < 4.78 is 4.56. The lowest BCUT2D eigenvalue weighted by molar-refractivity contribution is -0.899. The number of unbranched alkanes of at least 4 members (excludes halogenated alkanes) is 1. The number of rotatable bonds is 9. The first-order chi connectivity index (χ1) is 13.6. The van der Waals surface area contributed by atoms with Gasteiger partial charge in [-0.1, -0.05) is 43.2 Å². The largest absolute Gasteiger partial charge is 0.350 e. The number of aryl methyl sites for hydroxylation is 1. The van der Waals surface area contributed by atoms with Crippen molar-refractivity contribution >= 4 is 22.6 Å². The van der Waals surface area contributed by atoms with Crippen molar-refractivity contribution in [2.24, 2.45) is 0 Å². The fourth-order valence-corrected chi connectivity index (χ4v) is 4.14. The standard InChI is InChI=1S/C21H31N5OS/c1-3-4-5-20(27)22-10-11-25-12-14-26(15-13-25)21-23-19(24-28-21)16-18-8-6-17(2)7-9-18/h6-9H,3-5,10-16H2,1-2H3,(H,22,27)/p+1. The minimum absolute atomic E-state index is 0.190. The SMILES string of the molecule is CCCCC(=O)NCC[NH+]1CCN(c2nc(Cc3ccc(C)cc3)ns2)CC1. The molecule has 0 radical (unpaired) electrons. The highest BCUT2D eigenvalue weighted by Crippen LogP contribution is 2.19. The number of nitrogens with one attached hydrogen (secondary N) is 2. The van der Waals surface area contributed by atoms with Crippen molar-refractivity contribution in [1.82, 2.24) is 14.7 Å². The smallest absolute Gasteiger partial charge is 0.220 e. The quantitative estimate of drug-likeness (QED) is 0.666. The molecular formula is C21H32N5OS+. The molecule has 1 saturated heterocycles. The lowest BCUT2D eigenvalue weighted by atomic mass is 10.1. The maximum atomic E-state index is 11.7. The zero-order chi connectivity index (χ0) is 19.8. The Morgan fingerprint density at radius 1 is 1.25 bits per heavy atom. The van der Waals surface area contributed by atoms with Gasteiger partial charge in [-0.05, 0) is 18.9 Å². The van der Waals surface area contributed by atoms with Crippen LogP contribution < -0.4 is 15.1 Å². The summed E-state index contributed by atoms with van der Waals surface area (Å²) in [6.07, 6.45) is 3.49. The summed E-state index contributed by atoms with van der Waals surface area (Å²) in [5, 5.41) is 4.08. The van der Waals surface area contributed by atoms with Gasteiger partial charge < -0.3 is 15.1 Å². The summed E-state index contributed by atoms with van der Waals surface area (Å²) in [7, 11) is 0. The highest BCUT2D eigenvalue weighted by atomic mass is 32.1. The second kappa shape index (κ2) is 10.5. The van der Waals surface area contributed by atoms with Gasteiger partial charge in [0, 0.05) is 24.4 Å². The molecule has 0 spiro atoms. The van der Waals surface area contributed by atoms with E-state index in [2.05, 4.69) is 52.7 Å². The highest BCUT2D eigenvalue weighted by Gasteiger charge is 2.22. The van der Waals surface area contributed by atoms with Crippen LogP contribution in [0.2, 0.25) is 0 Å². The summed E-state index contributed by atoms with van der Waals surface area (Å²) >= 11 is 1.51. The van der Waals surface area contributed by atoms with Crippen LogP contribution in [0.25, 0.3) is 0 Å². The van der Waals surface area contributed by atoms with Gasteiger partial charge in [0.25, 0.3) is 0 Å². The van der Waals surface area contributed by atoms with Gasteiger partial charge in [0.2, 0.25) is 11.0 Å². The fourth-order valence-electron chi connectivity index (χ4n) is 3.40. The van der Waals surface area contributed by atoms with Crippen LogP contribution >= 0.6 is 11.5 Å². The summed E-state index contributed by atoms with van der Waals surface area (Å²) in [5.74, 6) is 1.10. The van der Waals surface area contributed by atoms with E-state index in [0.29, 0.717) is 6.42 Å². The number of piperazine rings is 1. The Morgan fingerprint density at radius 2 is 2.00 bits per heavy atom. The molecule has 1 aliphatic rings. The minimum atomic E-state index is 0.190. The van der Waals surface area contributed by atoms with Gasteiger partial charge in [-0.2, -0.15) is 4.37 Å². The molecular weight excluding hydrogens is 370 g/mol. The summed E-state index contributed by atoms with van der Waals surface area (Å²) in [5.41, 5.74) is 2.53. The zero-order valence-corrected chi connectivity index (χ0v) is 17.9. The third-order valence-corrected chi connectivity index (χ3v) is 6.05. The van der Waals surface area contributed by atoms with Gasteiger partial charge in [0.15, 0.2) is 0 Å². The van der Waals surface area contributed by atoms with Crippen LogP contribution in [0.5, 0.6) is 0 Å². The Kier molecular flexibility index (Phi) is 7.80. The predicted octanol–water partition coefficient (Wildman–Crippen LogP) is 1.45. The number of amides is 1. The van der Waals surface area contributed by atoms with Crippen molar-refractivity contribution in [3.8, 4) is 0 Å². The van der Waals surface area contributed by atoms with Crippen LogP contribution in [0.4, 0.5) is 5.13 Å². The van der Waals surface area contributed by atoms with Crippen molar-refractivity contribution in [2.45, 2.75) is 39.5 Å². The van der Waals surface area contributed by atoms with Gasteiger partial charge in [-0.25, -0.2) is 4.98 Å². The van der Waals surface area contributed by atoms with Crippen LogP contribution in [0.3, 0.4) is 0 Å². The number of hydrogen-bond acceptors (Lipinski definition) is 5. The lowest BCUT2D eigenvalue weighted by Crippen LogP contribution is -3.15. The van der Waals surface area contributed by atoms with E-state index in [1.807, 2.05) is 0 Å². The summed E-state index contributed by atoms with van der Waals surface area (Å²) in [6, 6.07) is 8.58. The van der Waals surface area contributed by atoms with Crippen molar-refractivity contribution < 1.29 is 9.69 Å². The van der Waals surface area contributed by atoms with Crippen LogP contribution in [0.15, 0.2) is 24.3 Å². The Morgan fingerprint density at radius 3 is 2.71 bits per heavy atom. The molecule has 0 aliphatic carbocycles. The molecule has 2 N–H and O–H groups in total. The lowest BCUT2D eigenvalue weighted by Gasteiger charge is -2.31. The topological polar surface area (TPSA) is 62.6 Å². The van der Waals surface area contributed by atoms with Crippen molar-refractivity contribution in [3.63, 3.8) is 0 Å². The van der Waals surface area contributed by atoms with E-state index in [1.54, 1.807) is 4.90 Å². The maximum Gasteiger partial charge on any atom is 0.220 e. The molecule has 0 saturated carbocycles. The Labute approximate surface area is 172 Å². The number of quaternary nitrogens is 1. The number of anilines is 1. The van der Waals surface area contributed by atoms with Gasteiger partial charge in [0.1, 0.15) is 5.82 Å². The zero-order valence-electron chi connectivity index (χ0n) is 17.0. The van der Waals surface area contributed by atoms with Gasteiger partial charge >= 0.3 is 0 Å². The summed E-state index contributed by atoms with van der Waals surface area (Å²) in [4.78, 5) is 20.3. The number of carbonyl (C=O) groups is 1. The minimum Gasteiger partial charge on any atom is -0.350 e. The monoisotopic (exact) mass is 402 g/mol. The van der Waals surface area contributed by atoms with Gasteiger partial charge in [-0.15, -0.1) is 0 Å². The molecule has 3 rings (SSSR count). The van der Waals surface area contributed by atoms with E-state index in [9.17, 15) is 4.79 Å². The molecule has 1 aromatic carbocycles. The van der Waals surface area contributed by atoms with E-state index >= 15 is 0 Å². The number of nitrogens with zero attached hydrogens (tertiary/aromatic N) is 3. The fraction of sp³-hybridized carbons (Fsp3) is 0.571. The van der Waals surface area contributed by atoms with E-state index in [0.717, 1.165) is 69.5 Å². The number of benzene rings is 1. The molecule has 1 aliphatic heterocycles. The summed E-state index contributed by atoms with van der Waals surface area (Å²) in [6.45, 7) is 10.1. The third kappa shape index (κ3) is 6.27. The van der Waals surface area contributed by atoms with E-state index in [1.165, 1.54) is 22.7 Å². The van der Waals surface area contributed by atoms with E-state index in [4.69, 9.17) is 4.98 Å². The molecule has 7 heteroatoms. The van der Waals surface area contributed by atoms with Crippen molar-refractivity contribution in [1.29, 1.82) is 0 Å². The van der Waals surface area contributed by atoms with Crippen LogP contribution in [0.1, 0.15) is 43.1 Å². The highest BCUT2D eigenvalue weighted by molar-refractivity contribution is 7.09. The molecule has 1 fully saturated rings. The van der Waals surface area contributed by atoms with Gasteiger partial charge in [0.05, 0.1) is 39.3 Å². The molecule has 0 atom stereocenters. The van der Waals surface area contributed by atoms with Crippen LogP contribution in [-0.4, -0.2) is 54.5 Å². The van der Waals surface area contributed by atoms with E-state index in [-0.39, 0.29) is 5.91 Å². The van der Waals surface area contributed by atoms with Crippen molar-refractivity contribution in [3.05, 3.63) is 41.2 Å². The normalized spacial score (nSPS) is 15.0. The number of carbonyl (C=O) groups excluding carboxylic acids is 1. The average molecular weight is 403 g/mol. The van der Waals surface area contributed by atoms with Crippen LogP contribution in [-0.2, 0) is 11.2 Å². The molecule has 2 heterocycles. The molecule has 1 aromatic heterocycles.